The fourth-order valence-corrected chi connectivity index (χ4v) is 1.40. The minimum absolute atomic E-state index is 0.0823. The largest absolute Gasteiger partial charge is 0.295 e. The van der Waals surface area contributed by atoms with Gasteiger partial charge in [-0.15, -0.1) is 0 Å². The minimum Gasteiger partial charge on any atom is -0.295 e. The third-order valence-corrected chi connectivity index (χ3v) is 2.27. The van der Waals surface area contributed by atoms with Crippen LogP contribution in [0.5, 0.6) is 0 Å². The van der Waals surface area contributed by atoms with E-state index in [1.807, 2.05) is 59.5 Å². The molecule has 0 amide bonds. The van der Waals surface area contributed by atoms with Crippen molar-refractivity contribution in [2.45, 2.75) is 6.92 Å². The quantitative estimate of drug-likeness (QED) is 0.625. The van der Waals surface area contributed by atoms with Crippen molar-refractivity contribution in [2.75, 3.05) is 5.43 Å². The molecule has 0 saturated carbocycles. The van der Waals surface area contributed by atoms with E-state index >= 15 is 0 Å². The number of nitrogens with zero attached hydrogens (tertiary/aromatic N) is 1. The summed E-state index contributed by atoms with van der Waals surface area (Å²) in [5.41, 5.74) is 4.85. The molecule has 16 heavy (non-hydrogen) atoms. The second-order valence-electron chi connectivity index (χ2n) is 3.53. The molecule has 3 nitrogen and oxygen atoms in total. The molecule has 0 atom stereocenters. The Hall–Kier alpha value is -2.16. The molecule has 1 N–H and O–H groups in total. The summed E-state index contributed by atoms with van der Waals surface area (Å²) >= 11 is 0. The van der Waals surface area contributed by atoms with E-state index in [0.717, 1.165) is 11.3 Å². The van der Waals surface area contributed by atoms with Gasteiger partial charge in [-0.05, 0) is 31.2 Å². The lowest BCUT2D eigenvalue weighted by Gasteiger charge is -2.00. The fourth-order valence-electron chi connectivity index (χ4n) is 1.40. The maximum atomic E-state index is 11.1. The molecule has 3 heteroatoms. The van der Waals surface area contributed by atoms with Gasteiger partial charge in [0.05, 0.1) is 5.69 Å². The predicted molar refractivity (Wildman–Crippen MR) is 62.1 cm³/mol. The molecule has 1 heterocycles. The van der Waals surface area contributed by atoms with E-state index in [4.69, 9.17) is 0 Å². The van der Waals surface area contributed by atoms with Gasteiger partial charge in [-0.1, -0.05) is 10.7 Å². The van der Waals surface area contributed by atoms with Crippen molar-refractivity contribution in [3.05, 3.63) is 60.4 Å². The van der Waals surface area contributed by atoms with Crippen molar-refractivity contribution < 1.29 is 9.47 Å². The summed E-state index contributed by atoms with van der Waals surface area (Å²) in [6.45, 7) is 1.56. The second-order valence-corrected chi connectivity index (χ2v) is 3.53. The van der Waals surface area contributed by atoms with Crippen molar-refractivity contribution in [2.24, 2.45) is 0 Å². The van der Waals surface area contributed by atoms with Crippen LogP contribution in [-0.4, -0.2) is 5.78 Å². The van der Waals surface area contributed by atoms with E-state index in [1.54, 1.807) is 6.92 Å². The standard InChI is InChI=1S/C13H12N2O/c1-11(16)12-5-7-13(8-6-12)14-15-9-3-2-4-10-15/h2-10H,1H3/p+1. The number of hydrogen-bond acceptors (Lipinski definition) is 2. The number of carbonyl (C=O) groups is 1. The van der Waals surface area contributed by atoms with E-state index in [9.17, 15) is 4.79 Å². The van der Waals surface area contributed by atoms with Gasteiger partial charge in [0, 0.05) is 17.7 Å². The molecule has 0 spiro atoms. The number of Topliss-reactive ketones (excluding diaryl/α,β-unsaturated/α-hetero) is 1. The molecular formula is C13H13N2O+. The normalized spacial score (nSPS) is 9.81. The van der Waals surface area contributed by atoms with E-state index in [-0.39, 0.29) is 5.78 Å². The second kappa shape index (κ2) is 4.57. The highest BCUT2D eigenvalue weighted by Crippen LogP contribution is 2.08. The Labute approximate surface area is 94.3 Å². The van der Waals surface area contributed by atoms with E-state index in [0.29, 0.717) is 0 Å². The average Bonchev–Trinajstić information content (AvgIpc) is 2.31. The molecule has 80 valence electrons. The lowest BCUT2D eigenvalue weighted by Crippen LogP contribution is -2.41. The van der Waals surface area contributed by atoms with Crippen LogP contribution in [0.25, 0.3) is 0 Å². The molecule has 0 aliphatic heterocycles. The highest BCUT2D eigenvalue weighted by Gasteiger charge is 2.01. The number of carbonyl (C=O) groups excluding carboxylic acids is 1. The molecule has 0 aliphatic carbocycles. The number of benzene rings is 1. The predicted octanol–water partition coefficient (Wildman–Crippen LogP) is 2.05. The van der Waals surface area contributed by atoms with Crippen molar-refractivity contribution in [3.8, 4) is 0 Å². The lowest BCUT2D eigenvalue weighted by molar-refractivity contribution is -0.642. The zero-order chi connectivity index (χ0) is 11.4. The van der Waals surface area contributed by atoms with Crippen LogP contribution < -0.4 is 10.1 Å². The first kappa shape index (κ1) is 10.4. The van der Waals surface area contributed by atoms with Crippen LogP contribution >= 0.6 is 0 Å². The summed E-state index contributed by atoms with van der Waals surface area (Å²) in [6.07, 6.45) is 3.83. The molecule has 0 bridgehead atoms. The number of aromatic nitrogens is 1. The van der Waals surface area contributed by atoms with Gasteiger partial charge in [-0.3, -0.25) is 4.79 Å². The van der Waals surface area contributed by atoms with Crippen LogP contribution in [0.3, 0.4) is 0 Å². The Bertz CT molecular complexity index is 477. The summed E-state index contributed by atoms with van der Waals surface area (Å²) in [5.74, 6) is 0.0823. The third kappa shape index (κ3) is 2.45. The Balaban J connectivity index is 2.14. The number of anilines is 1. The van der Waals surface area contributed by atoms with Crippen LogP contribution in [0.1, 0.15) is 17.3 Å². The molecule has 2 rings (SSSR count). The summed E-state index contributed by atoms with van der Waals surface area (Å²) in [7, 11) is 0. The zero-order valence-electron chi connectivity index (χ0n) is 9.05. The van der Waals surface area contributed by atoms with Crippen LogP contribution in [0, 0.1) is 0 Å². The Kier molecular flexibility index (Phi) is 2.96. The fraction of sp³-hybridized carbons (Fsp3) is 0.0769. The Morgan fingerprint density at radius 1 is 1.06 bits per heavy atom. The van der Waals surface area contributed by atoms with Crippen LogP contribution in [0.15, 0.2) is 54.9 Å². The molecule has 2 aromatic rings. The van der Waals surface area contributed by atoms with Gasteiger partial charge >= 0.3 is 0 Å². The van der Waals surface area contributed by atoms with Gasteiger partial charge in [0.25, 0.3) is 0 Å². The van der Waals surface area contributed by atoms with E-state index < -0.39 is 0 Å². The number of nitrogens with one attached hydrogen (secondary N) is 1. The van der Waals surface area contributed by atoms with E-state index in [1.165, 1.54) is 0 Å². The lowest BCUT2D eigenvalue weighted by atomic mass is 10.1. The smallest absolute Gasteiger partial charge is 0.199 e. The first-order chi connectivity index (χ1) is 7.75. The Morgan fingerprint density at radius 3 is 2.25 bits per heavy atom. The molecule has 1 aromatic carbocycles. The molecule has 0 unspecified atom stereocenters. The Morgan fingerprint density at radius 2 is 1.69 bits per heavy atom. The highest BCUT2D eigenvalue weighted by molar-refractivity contribution is 5.94. The first-order valence-corrected chi connectivity index (χ1v) is 5.10. The van der Waals surface area contributed by atoms with Gasteiger partial charge in [0.2, 0.25) is 0 Å². The monoisotopic (exact) mass is 213 g/mol. The molecule has 0 fully saturated rings. The van der Waals surface area contributed by atoms with Crippen molar-refractivity contribution in [1.82, 2.24) is 0 Å². The number of rotatable bonds is 3. The van der Waals surface area contributed by atoms with Crippen LogP contribution in [0.4, 0.5) is 5.69 Å². The van der Waals surface area contributed by atoms with Crippen LogP contribution in [0.2, 0.25) is 0 Å². The molecule has 1 aromatic heterocycles. The van der Waals surface area contributed by atoms with E-state index in [2.05, 4.69) is 5.43 Å². The van der Waals surface area contributed by atoms with Gasteiger partial charge in [-0.25, -0.2) is 0 Å². The number of ketones is 1. The number of hydrogen-bond donors (Lipinski definition) is 1. The van der Waals surface area contributed by atoms with Gasteiger partial charge < -0.3 is 0 Å². The number of pyridine rings is 1. The highest BCUT2D eigenvalue weighted by atomic mass is 16.1. The van der Waals surface area contributed by atoms with Crippen molar-refractivity contribution in [1.29, 1.82) is 0 Å². The maximum Gasteiger partial charge on any atom is 0.199 e. The summed E-state index contributed by atoms with van der Waals surface area (Å²) < 4.78 is 1.85. The molecule has 0 saturated heterocycles. The summed E-state index contributed by atoms with van der Waals surface area (Å²) in [6, 6.07) is 13.2. The molecule has 0 aliphatic rings. The van der Waals surface area contributed by atoms with Crippen molar-refractivity contribution in [3.63, 3.8) is 0 Å². The zero-order valence-corrected chi connectivity index (χ0v) is 9.05. The summed E-state index contributed by atoms with van der Waals surface area (Å²) in [5, 5.41) is 0. The van der Waals surface area contributed by atoms with Gasteiger partial charge in [0.1, 0.15) is 0 Å². The maximum absolute atomic E-state index is 11.1. The molecule has 0 radical (unpaired) electrons. The van der Waals surface area contributed by atoms with Gasteiger partial charge in [0.15, 0.2) is 18.2 Å². The summed E-state index contributed by atoms with van der Waals surface area (Å²) in [4.78, 5) is 11.1. The third-order valence-electron chi connectivity index (χ3n) is 2.27. The average molecular weight is 213 g/mol. The topological polar surface area (TPSA) is 33.0 Å². The van der Waals surface area contributed by atoms with Gasteiger partial charge in [-0.2, -0.15) is 5.43 Å². The van der Waals surface area contributed by atoms with Crippen LogP contribution in [-0.2, 0) is 0 Å². The molecular weight excluding hydrogens is 200 g/mol. The van der Waals surface area contributed by atoms with Crippen molar-refractivity contribution >= 4 is 11.5 Å². The first-order valence-electron chi connectivity index (χ1n) is 5.10. The SMILES string of the molecule is CC(=O)c1ccc(N[n+]2ccccc2)cc1. The minimum atomic E-state index is 0.0823.